The zero-order valence-electron chi connectivity index (χ0n) is 10.7. The fourth-order valence-corrected chi connectivity index (χ4v) is 1.80. The van der Waals surface area contributed by atoms with Gasteiger partial charge < -0.3 is 10.6 Å². The van der Waals surface area contributed by atoms with E-state index in [4.69, 9.17) is 5.73 Å². The average molecular weight is 243 g/mol. The highest BCUT2D eigenvalue weighted by atomic mass is 15.2. The Morgan fingerprint density at radius 2 is 1.94 bits per heavy atom. The van der Waals surface area contributed by atoms with Crippen molar-refractivity contribution in [1.82, 2.24) is 15.0 Å². The Bertz CT molecular complexity index is 492. The summed E-state index contributed by atoms with van der Waals surface area (Å²) in [5.41, 5.74) is 7.76. The Morgan fingerprint density at radius 3 is 2.56 bits per heavy atom. The standard InChI is InChI=1S/C13H17N5/c1-3-18(9-11-4-6-15-7-5-11)12-8-10(2)16-13(14)17-12/h4-8H,3,9H2,1-2H3,(H2,14,16,17). The molecule has 18 heavy (non-hydrogen) atoms. The molecule has 5 heteroatoms. The molecule has 5 nitrogen and oxygen atoms in total. The number of pyridine rings is 1. The van der Waals surface area contributed by atoms with Crippen LogP contribution in [0, 0.1) is 6.92 Å². The van der Waals surface area contributed by atoms with Crippen LogP contribution in [-0.4, -0.2) is 21.5 Å². The molecule has 0 spiro atoms. The van der Waals surface area contributed by atoms with Crippen LogP contribution in [0.3, 0.4) is 0 Å². The maximum absolute atomic E-state index is 5.69. The highest BCUT2D eigenvalue weighted by molar-refractivity contribution is 5.43. The summed E-state index contributed by atoms with van der Waals surface area (Å²) >= 11 is 0. The van der Waals surface area contributed by atoms with Crippen LogP contribution in [0.1, 0.15) is 18.2 Å². The van der Waals surface area contributed by atoms with Crippen LogP contribution in [0.15, 0.2) is 30.6 Å². The van der Waals surface area contributed by atoms with Gasteiger partial charge in [-0.1, -0.05) is 0 Å². The van der Waals surface area contributed by atoms with Gasteiger partial charge in [-0.15, -0.1) is 0 Å². The lowest BCUT2D eigenvalue weighted by Gasteiger charge is -2.22. The van der Waals surface area contributed by atoms with Crippen molar-refractivity contribution in [3.05, 3.63) is 41.9 Å². The molecule has 2 heterocycles. The second-order valence-corrected chi connectivity index (χ2v) is 4.10. The van der Waals surface area contributed by atoms with Crippen molar-refractivity contribution < 1.29 is 0 Å². The molecule has 0 aliphatic heterocycles. The van der Waals surface area contributed by atoms with Crippen molar-refractivity contribution in [2.75, 3.05) is 17.2 Å². The van der Waals surface area contributed by atoms with Crippen molar-refractivity contribution >= 4 is 11.8 Å². The number of hydrogen-bond acceptors (Lipinski definition) is 5. The van der Waals surface area contributed by atoms with Crippen molar-refractivity contribution in [3.63, 3.8) is 0 Å². The van der Waals surface area contributed by atoms with E-state index >= 15 is 0 Å². The molecule has 0 amide bonds. The van der Waals surface area contributed by atoms with Crippen molar-refractivity contribution in [2.24, 2.45) is 0 Å². The lowest BCUT2D eigenvalue weighted by atomic mass is 10.2. The number of nitrogens with zero attached hydrogens (tertiary/aromatic N) is 4. The molecule has 0 saturated carbocycles. The summed E-state index contributed by atoms with van der Waals surface area (Å²) in [6.07, 6.45) is 3.59. The minimum atomic E-state index is 0.318. The Kier molecular flexibility index (Phi) is 3.72. The van der Waals surface area contributed by atoms with Gasteiger partial charge in [0.1, 0.15) is 5.82 Å². The molecule has 2 aromatic rings. The molecule has 94 valence electrons. The molecular formula is C13H17N5. The minimum absolute atomic E-state index is 0.318. The predicted octanol–water partition coefficient (Wildman–Crippen LogP) is 1.79. The molecule has 0 aliphatic rings. The topological polar surface area (TPSA) is 67.9 Å². The number of anilines is 2. The number of rotatable bonds is 4. The summed E-state index contributed by atoms with van der Waals surface area (Å²) in [5, 5.41) is 0. The second-order valence-electron chi connectivity index (χ2n) is 4.10. The number of aryl methyl sites for hydroxylation is 1. The summed E-state index contributed by atoms with van der Waals surface area (Å²) < 4.78 is 0. The predicted molar refractivity (Wildman–Crippen MR) is 72.1 cm³/mol. The Morgan fingerprint density at radius 1 is 1.22 bits per heavy atom. The van der Waals surface area contributed by atoms with Crippen LogP contribution in [0.4, 0.5) is 11.8 Å². The summed E-state index contributed by atoms with van der Waals surface area (Å²) in [7, 11) is 0. The van der Waals surface area contributed by atoms with Crippen LogP contribution < -0.4 is 10.6 Å². The van der Waals surface area contributed by atoms with Crippen LogP contribution in [0.5, 0.6) is 0 Å². The van der Waals surface area contributed by atoms with Gasteiger partial charge in [0.15, 0.2) is 0 Å². The van der Waals surface area contributed by atoms with E-state index in [1.54, 1.807) is 12.4 Å². The van der Waals surface area contributed by atoms with Gasteiger partial charge in [0.2, 0.25) is 5.95 Å². The maximum Gasteiger partial charge on any atom is 0.222 e. The second kappa shape index (κ2) is 5.44. The van der Waals surface area contributed by atoms with Crippen LogP contribution in [-0.2, 0) is 6.54 Å². The largest absolute Gasteiger partial charge is 0.368 e. The lowest BCUT2D eigenvalue weighted by molar-refractivity contribution is 0.808. The molecule has 2 rings (SSSR count). The highest BCUT2D eigenvalue weighted by Crippen LogP contribution is 2.16. The molecule has 0 aliphatic carbocycles. The quantitative estimate of drug-likeness (QED) is 0.886. The van der Waals surface area contributed by atoms with E-state index in [0.717, 1.165) is 24.6 Å². The van der Waals surface area contributed by atoms with Crippen molar-refractivity contribution in [3.8, 4) is 0 Å². The van der Waals surface area contributed by atoms with E-state index < -0.39 is 0 Å². The third kappa shape index (κ3) is 2.94. The summed E-state index contributed by atoms with van der Waals surface area (Å²) in [5.74, 6) is 1.18. The molecule has 0 fully saturated rings. The third-order valence-electron chi connectivity index (χ3n) is 2.69. The number of nitrogens with two attached hydrogens (primary N) is 1. The Hall–Kier alpha value is -2.17. The zero-order valence-corrected chi connectivity index (χ0v) is 10.7. The first-order valence-corrected chi connectivity index (χ1v) is 5.94. The SMILES string of the molecule is CCN(Cc1ccncc1)c1cc(C)nc(N)n1. The minimum Gasteiger partial charge on any atom is -0.368 e. The monoisotopic (exact) mass is 243 g/mol. The van der Waals surface area contributed by atoms with E-state index in [1.165, 1.54) is 5.56 Å². The maximum atomic E-state index is 5.69. The number of hydrogen-bond donors (Lipinski definition) is 1. The number of aromatic nitrogens is 3. The van der Waals surface area contributed by atoms with Gasteiger partial charge in [0.05, 0.1) is 0 Å². The first-order chi connectivity index (χ1) is 8.69. The van der Waals surface area contributed by atoms with Gasteiger partial charge in [0, 0.05) is 37.2 Å². The number of nitrogen functional groups attached to an aromatic ring is 1. The summed E-state index contributed by atoms with van der Waals surface area (Å²) in [4.78, 5) is 14.5. The van der Waals surface area contributed by atoms with Gasteiger partial charge in [-0.05, 0) is 31.5 Å². The first kappa shape index (κ1) is 12.3. The van der Waals surface area contributed by atoms with E-state index in [-0.39, 0.29) is 0 Å². The van der Waals surface area contributed by atoms with Gasteiger partial charge in [-0.2, -0.15) is 4.98 Å². The molecule has 0 bridgehead atoms. The fraction of sp³-hybridized carbons (Fsp3) is 0.308. The average Bonchev–Trinajstić information content (AvgIpc) is 2.36. The van der Waals surface area contributed by atoms with Gasteiger partial charge in [-0.3, -0.25) is 4.98 Å². The van der Waals surface area contributed by atoms with E-state index in [9.17, 15) is 0 Å². The van der Waals surface area contributed by atoms with Crippen LogP contribution in [0.25, 0.3) is 0 Å². The van der Waals surface area contributed by atoms with E-state index in [0.29, 0.717) is 5.95 Å². The van der Waals surface area contributed by atoms with Crippen molar-refractivity contribution in [1.29, 1.82) is 0 Å². The molecular weight excluding hydrogens is 226 g/mol. The molecule has 0 radical (unpaired) electrons. The fourth-order valence-electron chi connectivity index (χ4n) is 1.80. The van der Waals surface area contributed by atoms with Gasteiger partial charge in [-0.25, -0.2) is 4.98 Å². The van der Waals surface area contributed by atoms with Gasteiger partial charge in [0.25, 0.3) is 0 Å². The summed E-state index contributed by atoms with van der Waals surface area (Å²) in [6.45, 7) is 5.66. The van der Waals surface area contributed by atoms with Crippen LogP contribution >= 0.6 is 0 Å². The van der Waals surface area contributed by atoms with E-state index in [2.05, 4.69) is 26.8 Å². The molecule has 0 atom stereocenters. The molecule has 0 saturated heterocycles. The molecule has 0 unspecified atom stereocenters. The van der Waals surface area contributed by atoms with Crippen molar-refractivity contribution in [2.45, 2.75) is 20.4 Å². The Balaban J connectivity index is 2.23. The normalized spacial score (nSPS) is 10.3. The third-order valence-corrected chi connectivity index (χ3v) is 2.69. The van der Waals surface area contributed by atoms with Crippen LogP contribution in [0.2, 0.25) is 0 Å². The molecule has 0 aromatic carbocycles. The Labute approximate surface area is 107 Å². The smallest absolute Gasteiger partial charge is 0.222 e. The molecule has 2 aromatic heterocycles. The van der Waals surface area contributed by atoms with Gasteiger partial charge >= 0.3 is 0 Å². The highest BCUT2D eigenvalue weighted by Gasteiger charge is 2.08. The first-order valence-electron chi connectivity index (χ1n) is 5.94. The lowest BCUT2D eigenvalue weighted by Crippen LogP contribution is -2.23. The zero-order chi connectivity index (χ0) is 13.0. The summed E-state index contributed by atoms with van der Waals surface area (Å²) in [6, 6.07) is 5.95. The van der Waals surface area contributed by atoms with E-state index in [1.807, 2.05) is 25.1 Å². The molecule has 2 N–H and O–H groups in total.